The number of likely N-dealkylation sites (N-methyl/N-ethyl adjacent to an activating group) is 1. The molecule has 1 nitrogen and oxygen atoms in total. The Bertz CT molecular complexity index is 526. The Morgan fingerprint density at radius 2 is 1.38 bits per heavy atom. The van der Waals surface area contributed by atoms with Crippen LogP contribution < -0.4 is 0 Å². The molecule has 2 heteroatoms. The van der Waals surface area contributed by atoms with Gasteiger partial charge >= 0.3 is 0 Å². The van der Waals surface area contributed by atoms with Gasteiger partial charge in [0.25, 0.3) is 0 Å². The fraction of sp³-hybridized carbons (Fsp3) is 0.368. The molecule has 0 bridgehead atoms. The van der Waals surface area contributed by atoms with Crippen LogP contribution in [0.1, 0.15) is 36.3 Å². The highest BCUT2D eigenvalue weighted by Gasteiger charge is 2.30. The van der Waals surface area contributed by atoms with Crippen LogP contribution in [0.2, 0.25) is 0 Å². The maximum atomic E-state index is 2.58. The monoisotopic (exact) mass is 301 g/mol. The van der Waals surface area contributed by atoms with Crippen molar-refractivity contribution in [2.45, 2.75) is 25.2 Å². The maximum Gasteiger partial charge on any atom is 0.00561 e. The van der Waals surface area contributed by atoms with Gasteiger partial charge in [0.1, 0.15) is 0 Å². The van der Waals surface area contributed by atoms with Gasteiger partial charge < -0.3 is 4.90 Å². The van der Waals surface area contributed by atoms with Crippen LogP contribution in [0.25, 0.3) is 0 Å². The molecule has 2 unspecified atom stereocenters. The molecule has 0 spiro atoms. The first-order chi connectivity index (χ1) is 9.88. The quantitative estimate of drug-likeness (QED) is 0.794. The van der Waals surface area contributed by atoms with E-state index in [9.17, 15) is 0 Å². The second kappa shape index (κ2) is 7.63. The van der Waals surface area contributed by atoms with Crippen molar-refractivity contribution in [2.75, 3.05) is 19.6 Å². The van der Waals surface area contributed by atoms with E-state index in [1.807, 2.05) is 0 Å². The van der Waals surface area contributed by atoms with Crippen molar-refractivity contribution in [2.24, 2.45) is 0 Å². The molecule has 0 amide bonds. The van der Waals surface area contributed by atoms with Gasteiger partial charge in [-0.05, 0) is 36.6 Å². The van der Waals surface area contributed by atoms with E-state index in [0.717, 1.165) is 6.54 Å². The molecule has 21 heavy (non-hydrogen) atoms. The number of benzene rings is 2. The summed E-state index contributed by atoms with van der Waals surface area (Å²) in [6.45, 7) is 5.83. The number of piperidine rings is 1. The Kier molecular flexibility index (Phi) is 5.84. The Morgan fingerprint density at radius 3 is 1.90 bits per heavy atom. The average molecular weight is 302 g/mol. The largest absolute Gasteiger partial charge is 0.303 e. The van der Waals surface area contributed by atoms with Crippen molar-refractivity contribution < 1.29 is 0 Å². The summed E-state index contributed by atoms with van der Waals surface area (Å²) >= 11 is 0. The lowest BCUT2D eigenvalue weighted by Gasteiger charge is -2.39. The Balaban J connectivity index is 0.00000161. The van der Waals surface area contributed by atoms with Crippen molar-refractivity contribution in [3.63, 3.8) is 0 Å². The van der Waals surface area contributed by atoms with E-state index in [1.54, 1.807) is 0 Å². The lowest BCUT2D eigenvalue weighted by Crippen LogP contribution is -2.38. The molecule has 1 aliphatic rings. The van der Waals surface area contributed by atoms with Crippen LogP contribution in [0, 0.1) is 0 Å². The summed E-state index contributed by atoms with van der Waals surface area (Å²) in [7, 11) is 0. The zero-order valence-corrected chi connectivity index (χ0v) is 13.4. The third kappa shape index (κ3) is 3.66. The van der Waals surface area contributed by atoms with Gasteiger partial charge in [0.15, 0.2) is 0 Å². The summed E-state index contributed by atoms with van der Waals surface area (Å²) in [6.07, 6.45) is 1.26. The highest BCUT2D eigenvalue weighted by Crippen LogP contribution is 2.39. The fourth-order valence-electron chi connectivity index (χ4n) is 3.44. The van der Waals surface area contributed by atoms with Gasteiger partial charge in [-0.25, -0.2) is 0 Å². The number of rotatable bonds is 3. The highest BCUT2D eigenvalue weighted by molar-refractivity contribution is 5.85. The summed E-state index contributed by atoms with van der Waals surface area (Å²) < 4.78 is 0. The van der Waals surface area contributed by atoms with E-state index in [-0.39, 0.29) is 12.4 Å². The zero-order chi connectivity index (χ0) is 13.8. The zero-order valence-electron chi connectivity index (χ0n) is 12.6. The van der Waals surface area contributed by atoms with Gasteiger partial charge in [-0.15, -0.1) is 12.4 Å². The standard InChI is InChI=1S/C19H23N.ClH/c1-2-20-14-13-18(16-9-5-3-6-10-16)19(15-20)17-11-7-4-8-12-17;/h3-12,18-19H,2,13-15H2,1H3;1H. The second-order valence-electron chi connectivity index (χ2n) is 5.72. The third-order valence-corrected chi connectivity index (χ3v) is 4.60. The van der Waals surface area contributed by atoms with E-state index in [1.165, 1.54) is 30.6 Å². The Labute approximate surface area is 134 Å². The topological polar surface area (TPSA) is 3.24 Å². The van der Waals surface area contributed by atoms with Crippen molar-refractivity contribution in [1.82, 2.24) is 4.90 Å². The van der Waals surface area contributed by atoms with E-state index in [2.05, 4.69) is 72.5 Å². The fourth-order valence-corrected chi connectivity index (χ4v) is 3.44. The van der Waals surface area contributed by atoms with Crippen LogP contribution in [0.15, 0.2) is 60.7 Å². The number of likely N-dealkylation sites (tertiary alicyclic amines) is 1. The summed E-state index contributed by atoms with van der Waals surface area (Å²) in [4.78, 5) is 2.58. The van der Waals surface area contributed by atoms with E-state index >= 15 is 0 Å². The van der Waals surface area contributed by atoms with E-state index in [4.69, 9.17) is 0 Å². The first kappa shape index (κ1) is 16.1. The van der Waals surface area contributed by atoms with E-state index < -0.39 is 0 Å². The molecule has 0 aromatic heterocycles. The van der Waals surface area contributed by atoms with Gasteiger partial charge in [0, 0.05) is 12.5 Å². The highest BCUT2D eigenvalue weighted by atomic mass is 35.5. The smallest absolute Gasteiger partial charge is 0.00561 e. The van der Waals surface area contributed by atoms with Crippen molar-refractivity contribution >= 4 is 12.4 Å². The minimum absolute atomic E-state index is 0. The summed E-state index contributed by atoms with van der Waals surface area (Å²) in [5, 5.41) is 0. The van der Waals surface area contributed by atoms with Gasteiger partial charge in [0.05, 0.1) is 0 Å². The average Bonchev–Trinajstić information content (AvgIpc) is 2.56. The third-order valence-electron chi connectivity index (χ3n) is 4.60. The molecule has 2 aromatic rings. The SMILES string of the molecule is CCN1CCC(c2ccccc2)C(c2ccccc2)C1.Cl. The minimum Gasteiger partial charge on any atom is -0.303 e. The molecule has 1 saturated heterocycles. The van der Waals surface area contributed by atoms with E-state index in [0.29, 0.717) is 11.8 Å². The molecule has 0 aliphatic carbocycles. The Hall–Kier alpha value is -1.31. The molecule has 112 valence electrons. The van der Waals surface area contributed by atoms with Gasteiger partial charge in [-0.1, -0.05) is 67.6 Å². The number of nitrogens with zero attached hydrogens (tertiary/aromatic N) is 1. The normalized spacial score (nSPS) is 22.5. The predicted octanol–water partition coefficient (Wildman–Crippen LogP) is 4.70. The van der Waals surface area contributed by atoms with Crippen LogP contribution in [0.3, 0.4) is 0 Å². The molecule has 0 radical (unpaired) electrons. The molecular formula is C19H24ClN. The number of hydrogen-bond acceptors (Lipinski definition) is 1. The summed E-state index contributed by atoms with van der Waals surface area (Å²) in [6, 6.07) is 22.1. The van der Waals surface area contributed by atoms with Crippen LogP contribution in [0.4, 0.5) is 0 Å². The van der Waals surface area contributed by atoms with Gasteiger partial charge in [0.2, 0.25) is 0 Å². The van der Waals surface area contributed by atoms with Crippen LogP contribution >= 0.6 is 12.4 Å². The molecular weight excluding hydrogens is 278 g/mol. The minimum atomic E-state index is 0. The van der Waals surface area contributed by atoms with Crippen molar-refractivity contribution in [3.05, 3.63) is 71.8 Å². The second-order valence-corrected chi connectivity index (χ2v) is 5.72. The summed E-state index contributed by atoms with van der Waals surface area (Å²) in [5.74, 6) is 1.27. The molecule has 1 fully saturated rings. The summed E-state index contributed by atoms with van der Waals surface area (Å²) in [5.41, 5.74) is 2.98. The number of halogens is 1. The molecule has 0 N–H and O–H groups in total. The first-order valence-corrected chi connectivity index (χ1v) is 7.70. The van der Waals surface area contributed by atoms with Crippen molar-refractivity contribution in [1.29, 1.82) is 0 Å². The molecule has 3 rings (SSSR count). The molecule has 2 atom stereocenters. The molecule has 1 aliphatic heterocycles. The Morgan fingerprint density at radius 1 is 0.857 bits per heavy atom. The van der Waals surface area contributed by atoms with Crippen molar-refractivity contribution in [3.8, 4) is 0 Å². The number of hydrogen-bond donors (Lipinski definition) is 0. The van der Waals surface area contributed by atoms with Gasteiger partial charge in [-0.2, -0.15) is 0 Å². The molecule has 0 saturated carbocycles. The predicted molar refractivity (Wildman–Crippen MR) is 92.3 cm³/mol. The van der Waals surface area contributed by atoms with Crippen LogP contribution in [-0.4, -0.2) is 24.5 Å². The maximum absolute atomic E-state index is 2.58. The first-order valence-electron chi connectivity index (χ1n) is 7.70. The lowest BCUT2D eigenvalue weighted by atomic mass is 9.77. The van der Waals surface area contributed by atoms with Gasteiger partial charge in [-0.3, -0.25) is 0 Å². The molecule has 1 heterocycles. The van der Waals surface area contributed by atoms with Crippen LogP contribution in [0.5, 0.6) is 0 Å². The van der Waals surface area contributed by atoms with Crippen LogP contribution in [-0.2, 0) is 0 Å². The lowest BCUT2D eigenvalue weighted by molar-refractivity contribution is 0.198. The molecule has 2 aromatic carbocycles.